The molecule has 0 spiro atoms. The summed E-state index contributed by atoms with van der Waals surface area (Å²) >= 11 is 4.69. The molecule has 1 N–H and O–H groups in total. The van der Waals surface area contributed by atoms with Crippen LogP contribution in [-0.2, 0) is 9.53 Å². The van der Waals surface area contributed by atoms with E-state index in [2.05, 4.69) is 20.9 Å². The molecule has 1 atom stereocenters. The first-order valence-electron chi connectivity index (χ1n) is 9.63. The van der Waals surface area contributed by atoms with E-state index in [4.69, 9.17) is 4.74 Å². The van der Waals surface area contributed by atoms with Gasteiger partial charge in [0, 0.05) is 4.47 Å². The Morgan fingerprint density at radius 3 is 2.55 bits per heavy atom. The van der Waals surface area contributed by atoms with Gasteiger partial charge in [-0.2, -0.15) is 0 Å². The van der Waals surface area contributed by atoms with Crippen molar-refractivity contribution in [2.24, 2.45) is 4.99 Å². The van der Waals surface area contributed by atoms with E-state index in [9.17, 15) is 14.7 Å². The van der Waals surface area contributed by atoms with Crippen molar-refractivity contribution in [2.45, 2.75) is 19.9 Å². The highest BCUT2D eigenvalue weighted by atomic mass is 79.9. The summed E-state index contributed by atoms with van der Waals surface area (Å²) < 4.78 is 8.23. The maximum absolute atomic E-state index is 13.4. The molecule has 1 aliphatic heterocycles. The minimum Gasteiger partial charge on any atom is -0.508 e. The van der Waals surface area contributed by atoms with Gasteiger partial charge in [-0.15, -0.1) is 0 Å². The van der Waals surface area contributed by atoms with Gasteiger partial charge in [0.1, 0.15) is 5.75 Å². The molecule has 0 saturated heterocycles. The number of fused-ring (bicyclic) bond motifs is 1. The summed E-state index contributed by atoms with van der Waals surface area (Å²) in [6, 6.07) is 13.5. The number of carbonyl (C=O) groups excluding carboxylic acids is 1. The largest absolute Gasteiger partial charge is 0.508 e. The number of hydrogen-bond acceptors (Lipinski definition) is 6. The van der Waals surface area contributed by atoms with Crippen LogP contribution in [0.5, 0.6) is 5.75 Å². The molecule has 0 unspecified atom stereocenters. The van der Waals surface area contributed by atoms with Gasteiger partial charge in [0.25, 0.3) is 5.56 Å². The fraction of sp³-hybridized carbons (Fsp3) is 0.174. The van der Waals surface area contributed by atoms with Crippen molar-refractivity contribution in [3.63, 3.8) is 0 Å². The second-order valence-electron chi connectivity index (χ2n) is 6.95. The standard InChI is InChI=1S/C23H19BrN2O4S/c1-3-30-22(29)19-13(2)25-23-26(20(19)15-6-8-16(24)9-7-15)21(28)18(31-23)12-14-4-10-17(27)11-5-14/h4-12,20,27H,3H2,1-2H3/b18-12-/t20-/m0/s1. The molecular formula is C23H19BrN2O4S. The second-order valence-corrected chi connectivity index (χ2v) is 8.87. The summed E-state index contributed by atoms with van der Waals surface area (Å²) in [4.78, 5) is 31.3. The first-order chi connectivity index (χ1) is 14.9. The quantitative estimate of drug-likeness (QED) is 0.559. The lowest BCUT2D eigenvalue weighted by molar-refractivity contribution is -0.139. The summed E-state index contributed by atoms with van der Waals surface area (Å²) in [5.74, 6) is -0.326. The first kappa shape index (κ1) is 21.3. The molecule has 4 rings (SSSR count). The SMILES string of the molecule is CCOC(=O)C1=C(C)N=c2s/c(=C\c3ccc(O)cc3)c(=O)n2[C@H]1c1ccc(Br)cc1. The Bertz CT molecular complexity index is 1350. The highest BCUT2D eigenvalue weighted by Gasteiger charge is 2.33. The van der Waals surface area contributed by atoms with Crippen LogP contribution >= 0.6 is 27.3 Å². The van der Waals surface area contributed by atoms with Crippen LogP contribution in [0.3, 0.4) is 0 Å². The van der Waals surface area contributed by atoms with Crippen molar-refractivity contribution in [1.82, 2.24) is 4.57 Å². The van der Waals surface area contributed by atoms with Gasteiger partial charge < -0.3 is 9.84 Å². The number of aromatic nitrogens is 1. The molecule has 3 aromatic rings. The van der Waals surface area contributed by atoms with Crippen molar-refractivity contribution >= 4 is 39.3 Å². The van der Waals surface area contributed by atoms with Crippen LogP contribution in [0.15, 0.2) is 74.1 Å². The average Bonchev–Trinajstić information content (AvgIpc) is 3.04. The van der Waals surface area contributed by atoms with E-state index in [0.29, 0.717) is 20.6 Å². The fourth-order valence-electron chi connectivity index (χ4n) is 3.47. The zero-order valence-corrected chi connectivity index (χ0v) is 19.2. The number of allylic oxidation sites excluding steroid dienone is 1. The number of esters is 1. The van der Waals surface area contributed by atoms with Crippen molar-refractivity contribution in [2.75, 3.05) is 6.61 Å². The van der Waals surface area contributed by atoms with Crippen LogP contribution in [-0.4, -0.2) is 22.2 Å². The zero-order valence-electron chi connectivity index (χ0n) is 16.8. The molecule has 0 aliphatic carbocycles. The van der Waals surface area contributed by atoms with E-state index in [1.165, 1.54) is 11.3 Å². The fourth-order valence-corrected chi connectivity index (χ4v) is 4.78. The predicted octanol–water partition coefficient (Wildman–Crippen LogP) is 3.27. The van der Waals surface area contributed by atoms with Gasteiger partial charge in [0.15, 0.2) is 4.80 Å². The Balaban J connectivity index is 1.94. The zero-order chi connectivity index (χ0) is 22.1. The molecule has 1 aliphatic rings. The van der Waals surface area contributed by atoms with Gasteiger partial charge in [0.05, 0.1) is 28.5 Å². The highest BCUT2D eigenvalue weighted by Crippen LogP contribution is 2.31. The maximum Gasteiger partial charge on any atom is 0.338 e. The minimum absolute atomic E-state index is 0.156. The van der Waals surface area contributed by atoms with Crippen LogP contribution in [0.1, 0.15) is 31.0 Å². The lowest BCUT2D eigenvalue weighted by Crippen LogP contribution is -2.39. The van der Waals surface area contributed by atoms with Crippen molar-refractivity contribution in [3.05, 3.63) is 95.1 Å². The third-order valence-electron chi connectivity index (χ3n) is 4.89. The third-order valence-corrected chi connectivity index (χ3v) is 6.41. The Hall–Kier alpha value is -2.97. The number of thiazole rings is 1. The number of carbonyl (C=O) groups is 1. The van der Waals surface area contributed by atoms with Gasteiger partial charge in [-0.1, -0.05) is 51.5 Å². The van der Waals surface area contributed by atoms with Crippen molar-refractivity contribution in [3.8, 4) is 5.75 Å². The van der Waals surface area contributed by atoms with Gasteiger partial charge in [-0.25, -0.2) is 9.79 Å². The number of aromatic hydroxyl groups is 1. The molecule has 0 saturated carbocycles. The summed E-state index contributed by atoms with van der Waals surface area (Å²) in [5.41, 5.74) is 2.22. The molecule has 158 valence electrons. The minimum atomic E-state index is -0.634. The maximum atomic E-state index is 13.4. The highest BCUT2D eigenvalue weighted by molar-refractivity contribution is 9.10. The summed E-state index contributed by atoms with van der Waals surface area (Å²) in [7, 11) is 0. The lowest BCUT2D eigenvalue weighted by atomic mass is 9.96. The van der Waals surface area contributed by atoms with Crippen LogP contribution in [0.4, 0.5) is 0 Å². The number of rotatable bonds is 4. The Morgan fingerprint density at radius 1 is 1.23 bits per heavy atom. The number of halogens is 1. The second kappa shape index (κ2) is 8.64. The molecule has 8 heteroatoms. The topological polar surface area (TPSA) is 80.9 Å². The number of benzene rings is 2. The molecule has 0 radical (unpaired) electrons. The number of hydrogen-bond donors (Lipinski definition) is 1. The smallest absolute Gasteiger partial charge is 0.338 e. The van der Waals surface area contributed by atoms with E-state index in [1.807, 2.05) is 24.3 Å². The molecule has 1 aromatic heterocycles. The Kier molecular flexibility index (Phi) is 5.93. The van der Waals surface area contributed by atoms with Crippen molar-refractivity contribution in [1.29, 1.82) is 0 Å². The summed E-state index contributed by atoms with van der Waals surface area (Å²) in [6.45, 7) is 3.73. The molecular weight excluding hydrogens is 480 g/mol. The number of phenols is 1. The molecule has 0 bridgehead atoms. The summed E-state index contributed by atoms with van der Waals surface area (Å²) in [5, 5.41) is 9.50. The number of nitrogens with zero attached hydrogens (tertiary/aromatic N) is 2. The van der Waals surface area contributed by atoms with E-state index < -0.39 is 12.0 Å². The van der Waals surface area contributed by atoms with Crippen LogP contribution < -0.4 is 14.9 Å². The molecule has 31 heavy (non-hydrogen) atoms. The Morgan fingerprint density at radius 2 is 1.90 bits per heavy atom. The Labute approximate surface area is 190 Å². The van der Waals surface area contributed by atoms with Gasteiger partial charge in [-0.3, -0.25) is 9.36 Å². The molecule has 0 fully saturated rings. The number of ether oxygens (including phenoxy) is 1. The first-order valence-corrected chi connectivity index (χ1v) is 11.2. The van der Waals surface area contributed by atoms with Crippen LogP contribution in [0, 0.1) is 0 Å². The van der Waals surface area contributed by atoms with Crippen LogP contribution in [0.25, 0.3) is 6.08 Å². The van der Waals surface area contributed by atoms with Gasteiger partial charge in [-0.05, 0) is 55.3 Å². The predicted molar refractivity (Wildman–Crippen MR) is 123 cm³/mol. The van der Waals surface area contributed by atoms with Gasteiger partial charge >= 0.3 is 5.97 Å². The van der Waals surface area contributed by atoms with E-state index in [-0.39, 0.29) is 17.9 Å². The normalized spacial score (nSPS) is 16.1. The van der Waals surface area contributed by atoms with E-state index in [0.717, 1.165) is 15.6 Å². The lowest BCUT2D eigenvalue weighted by Gasteiger charge is -2.24. The monoisotopic (exact) mass is 498 g/mol. The molecule has 0 amide bonds. The van der Waals surface area contributed by atoms with E-state index in [1.54, 1.807) is 48.8 Å². The average molecular weight is 499 g/mol. The van der Waals surface area contributed by atoms with Crippen LogP contribution in [0.2, 0.25) is 0 Å². The molecule has 2 aromatic carbocycles. The number of phenolic OH excluding ortho intramolecular Hbond substituents is 1. The summed E-state index contributed by atoms with van der Waals surface area (Å²) in [6.07, 6.45) is 1.76. The van der Waals surface area contributed by atoms with Crippen molar-refractivity contribution < 1.29 is 14.6 Å². The molecule has 6 nitrogen and oxygen atoms in total. The van der Waals surface area contributed by atoms with Gasteiger partial charge in [0.2, 0.25) is 0 Å². The van der Waals surface area contributed by atoms with E-state index >= 15 is 0 Å². The third kappa shape index (κ3) is 4.13. The molecule has 2 heterocycles.